The maximum atomic E-state index is 5.99. The van der Waals surface area contributed by atoms with Crippen LogP contribution in [0.5, 0.6) is 11.5 Å². The molecule has 4 N–H and O–H groups in total. The summed E-state index contributed by atoms with van der Waals surface area (Å²) in [6.07, 6.45) is 5.57. The summed E-state index contributed by atoms with van der Waals surface area (Å²) >= 11 is 0. The smallest absolute Gasteiger partial charge is 0.142 e. The predicted molar refractivity (Wildman–Crippen MR) is 101 cm³/mol. The number of aryl methyl sites for hydroxylation is 1. The third kappa shape index (κ3) is 5.69. The van der Waals surface area contributed by atoms with Gasteiger partial charge in [-0.05, 0) is 43.5 Å². The van der Waals surface area contributed by atoms with E-state index in [0.717, 1.165) is 48.4 Å². The van der Waals surface area contributed by atoms with E-state index in [-0.39, 0.29) is 0 Å². The molecule has 0 spiro atoms. The summed E-state index contributed by atoms with van der Waals surface area (Å²) in [7, 11) is 0. The minimum atomic E-state index is 0.699. The maximum Gasteiger partial charge on any atom is 0.142 e. The lowest BCUT2D eigenvalue weighted by molar-refractivity contribution is 0.295. The van der Waals surface area contributed by atoms with Crippen LogP contribution in [0.4, 0.5) is 11.4 Å². The van der Waals surface area contributed by atoms with Gasteiger partial charge in [-0.15, -0.1) is 0 Å². The van der Waals surface area contributed by atoms with E-state index < -0.39 is 0 Å². The lowest BCUT2D eigenvalue weighted by Crippen LogP contribution is -2.02. The highest BCUT2D eigenvalue weighted by Gasteiger charge is 2.02. The molecule has 24 heavy (non-hydrogen) atoms. The van der Waals surface area contributed by atoms with Crippen LogP contribution in [0.1, 0.15) is 37.7 Å². The Labute approximate surface area is 144 Å². The molecule has 130 valence electrons. The highest BCUT2D eigenvalue weighted by molar-refractivity contribution is 5.57. The number of para-hydroxylation sites is 3. The first-order valence-electron chi connectivity index (χ1n) is 8.63. The van der Waals surface area contributed by atoms with Crippen LogP contribution < -0.4 is 20.9 Å². The standard InChI is InChI=1S/C20H28N2O2/c1-16-10-9-13-19(20(16)22)24-15-8-4-2-3-7-14-23-18-12-6-5-11-17(18)21/h5-6,9-13H,2-4,7-8,14-15,21-22H2,1H3. The molecule has 0 saturated heterocycles. The Balaban J connectivity index is 1.50. The van der Waals surface area contributed by atoms with Gasteiger partial charge < -0.3 is 20.9 Å². The van der Waals surface area contributed by atoms with E-state index in [1.165, 1.54) is 6.42 Å². The quantitative estimate of drug-likeness (QED) is 0.495. The van der Waals surface area contributed by atoms with Gasteiger partial charge in [0, 0.05) is 0 Å². The minimum absolute atomic E-state index is 0.699. The fourth-order valence-electron chi connectivity index (χ4n) is 2.49. The lowest BCUT2D eigenvalue weighted by atomic mass is 10.1. The first-order valence-corrected chi connectivity index (χ1v) is 8.63. The zero-order valence-electron chi connectivity index (χ0n) is 14.5. The summed E-state index contributed by atoms with van der Waals surface area (Å²) in [5.74, 6) is 1.57. The molecule has 0 aliphatic rings. The summed E-state index contributed by atoms with van der Waals surface area (Å²) in [6.45, 7) is 3.42. The first kappa shape index (κ1) is 18.0. The Bertz CT molecular complexity index is 629. The highest BCUT2D eigenvalue weighted by atomic mass is 16.5. The average Bonchev–Trinajstić information content (AvgIpc) is 2.58. The van der Waals surface area contributed by atoms with E-state index in [4.69, 9.17) is 20.9 Å². The molecule has 2 aromatic carbocycles. The van der Waals surface area contributed by atoms with Gasteiger partial charge in [0.05, 0.1) is 24.6 Å². The fourth-order valence-corrected chi connectivity index (χ4v) is 2.49. The molecule has 0 unspecified atom stereocenters. The number of hydrogen-bond acceptors (Lipinski definition) is 4. The first-order chi connectivity index (χ1) is 11.7. The number of nitrogens with two attached hydrogens (primary N) is 2. The van der Waals surface area contributed by atoms with Crippen molar-refractivity contribution >= 4 is 11.4 Å². The van der Waals surface area contributed by atoms with E-state index in [0.29, 0.717) is 18.9 Å². The molecular formula is C20H28N2O2. The fraction of sp³-hybridized carbons (Fsp3) is 0.400. The molecule has 0 atom stereocenters. The summed E-state index contributed by atoms with van der Waals surface area (Å²) in [4.78, 5) is 0. The van der Waals surface area contributed by atoms with Crippen LogP contribution >= 0.6 is 0 Å². The largest absolute Gasteiger partial charge is 0.491 e. The van der Waals surface area contributed by atoms with Crippen molar-refractivity contribution < 1.29 is 9.47 Å². The molecule has 0 fully saturated rings. The zero-order chi connectivity index (χ0) is 17.2. The zero-order valence-corrected chi connectivity index (χ0v) is 14.5. The molecule has 2 rings (SSSR count). The van der Waals surface area contributed by atoms with Crippen LogP contribution in [0.15, 0.2) is 42.5 Å². The number of anilines is 2. The monoisotopic (exact) mass is 328 g/mol. The van der Waals surface area contributed by atoms with Gasteiger partial charge >= 0.3 is 0 Å². The molecule has 4 heteroatoms. The van der Waals surface area contributed by atoms with Crippen molar-refractivity contribution in [2.75, 3.05) is 24.7 Å². The maximum absolute atomic E-state index is 5.99. The number of benzene rings is 2. The van der Waals surface area contributed by atoms with Gasteiger partial charge in [0.2, 0.25) is 0 Å². The van der Waals surface area contributed by atoms with Gasteiger partial charge in [-0.25, -0.2) is 0 Å². The van der Waals surface area contributed by atoms with Gasteiger partial charge in [0.15, 0.2) is 0 Å². The SMILES string of the molecule is Cc1cccc(OCCCCCCCOc2ccccc2N)c1N. The average molecular weight is 328 g/mol. The summed E-state index contributed by atoms with van der Waals surface area (Å²) in [5, 5.41) is 0. The van der Waals surface area contributed by atoms with Crippen LogP contribution in [-0.4, -0.2) is 13.2 Å². The van der Waals surface area contributed by atoms with E-state index in [9.17, 15) is 0 Å². The van der Waals surface area contributed by atoms with Crippen molar-refractivity contribution in [1.29, 1.82) is 0 Å². The second-order valence-electron chi connectivity index (χ2n) is 5.99. The van der Waals surface area contributed by atoms with Gasteiger partial charge in [0.1, 0.15) is 11.5 Å². The van der Waals surface area contributed by atoms with Crippen molar-refractivity contribution in [2.24, 2.45) is 0 Å². The summed E-state index contributed by atoms with van der Waals surface area (Å²) < 4.78 is 11.4. The third-order valence-electron chi connectivity index (χ3n) is 4.01. The molecule has 0 bridgehead atoms. The normalized spacial score (nSPS) is 10.5. The molecule has 0 heterocycles. The molecule has 0 radical (unpaired) electrons. The molecule has 0 saturated carbocycles. The molecular weight excluding hydrogens is 300 g/mol. The van der Waals surface area contributed by atoms with E-state index in [1.54, 1.807) is 0 Å². The van der Waals surface area contributed by atoms with Crippen LogP contribution in [0, 0.1) is 6.92 Å². The Kier molecular flexibility index (Phi) is 7.27. The van der Waals surface area contributed by atoms with Gasteiger partial charge in [0.25, 0.3) is 0 Å². The van der Waals surface area contributed by atoms with Gasteiger partial charge in [-0.1, -0.05) is 43.5 Å². The third-order valence-corrected chi connectivity index (χ3v) is 4.01. The topological polar surface area (TPSA) is 70.5 Å². The van der Waals surface area contributed by atoms with E-state index in [2.05, 4.69) is 0 Å². The van der Waals surface area contributed by atoms with Crippen molar-refractivity contribution in [3.63, 3.8) is 0 Å². The molecule has 0 amide bonds. The minimum Gasteiger partial charge on any atom is -0.491 e. The van der Waals surface area contributed by atoms with Gasteiger partial charge in [-0.2, -0.15) is 0 Å². The Morgan fingerprint density at radius 3 is 2.00 bits per heavy atom. The highest BCUT2D eigenvalue weighted by Crippen LogP contribution is 2.24. The van der Waals surface area contributed by atoms with E-state index >= 15 is 0 Å². The molecule has 0 aliphatic carbocycles. The Morgan fingerprint density at radius 1 is 0.708 bits per heavy atom. The summed E-state index contributed by atoms with van der Waals surface area (Å²) in [5.41, 5.74) is 14.3. The number of hydrogen-bond donors (Lipinski definition) is 2. The molecule has 2 aromatic rings. The van der Waals surface area contributed by atoms with Crippen LogP contribution in [0.3, 0.4) is 0 Å². The second-order valence-corrected chi connectivity index (χ2v) is 5.99. The van der Waals surface area contributed by atoms with Crippen molar-refractivity contribution in [2.45, 2.75) is 39.0 Å². The van der Waals surface area contributed by atoms with E-state index in [1.807, 2.05) is 49.4 Å². The van der Waals surface area contributed by atoms with Crippen LogP contribution in [0.25, 0.3) is 0 Å². The Hall–Kier alpha value is -2.36. The van der Waals surface area contributed by atoms with Crippen LogP contribution in [0.2, 0.25) is 0 Å². The number of ether oxygens (including phenoxy) is 2. The number of rotatable bonds is 10. The molecule has 0 aliphatic heterocycles. The van der Waals surface area contributed by atoms with Crippen molar-refractivity contribution in [3.8, 4) is 11.5 Å². The van der Waals surface area contributed by atoms with Crippen molar-refractivity contribution in [1.82, 2.24) is 0 Å². The van der Waals surface area contributed by atoms with Crippen molar-refractivity contribution in [3.05, 3.63) is 48.0 Å². The number of nitrogen functional groups attached to an aromatic ring is 2. The second kappa shape index (κ2) is 9.71. The Morgan fingerprint density at radius 2 is 1.29 bits per heavy atom. The summed E-state index contributed by atoms with van der Waals surface area (Å²) in [6, 6.07) is 13.5. The van der Waals surface area contributed by atoms with Gasteiger partial charge in [-0.3, -0.25) is 0 Å². The lowest BCUT2D eigenvalue weighted by Gasteiger charge is -2.10. The number of unbranched alkanes of at least 4 members (excludes halogenated alkanes) is 4. The van der Waals surface area contributed by atoms with Crippen LogP contribution in [-0.2, 0) is 0 Å². The molecule has 0 aromatic heterocycles. The predicted octanol–water partition coefficient (Wildman–Crippen LogP) is 4.57. The molecule has 4 nitrogen and oxygen atoms in total.